The first-order chi connectivity index (χ1) is 5.83. The van der Waals surface area contributed by atoms with Crippen LogP contribution >= 0.6 is 0 Å². The maximum absolute atomic E-state index is 12.2. The molecule has 0 aliphatic rings. The van der Waals surface area contributed by atoms with Gasteiger partial charge < -0.3 is 4.74 Å². The van der Waals surface area contributed by atoms with Gasteiger partial charge in [-0.3, -0.25) is 0 Å². The van der Waals surface area contributed by atoms with Crippen LogP contribution in [0, 0.1) is 5.95 Å². The maximum Gasteiger partial charge on any atom is 0.212 e. The number of pyridine rings is 1. The van der Waals surface area contributed by atoms with Gasteiger partial charge in [0.1, 0.15) is 0 Å². The molecule has 1 aromatic rings. The van der Waals surface area contributed by atoms with Gasteiger partial charge in [-0.15, -0.1) is 0 Å². The summed E-state index contributed by atoms with van der Waals surface area (Å²) in [6.45, 7) is 4.48. The molecule has 3 heteroatoms. The van der Waals surface area contributed by atoms with Crippen LogP contribution < -0.4 is 0 Å². The fourth-order valence-corrected chi connectivity index (χ4v) is 0.658. The summed E-state index contributed by atoms with van der Waals surface area (Å²) in [5.74, 6) is -0.458. The Morgan fingerprint density at radius 1 is 1.42 bits per heavy atom. The van der Waals surface area contributed by atoms with Crippen molar-refractivity contribution in [2.45, 2.75) is 20.5 Å². The minimum absolute atomic E-state index is 0.458. The van der Waals surface area contributed by atoms with Crippen molar-refractivity contribution in [3.63, 3.8) is 0 Å². The van der Waals surface area contributed by atoms with E-state index in [0.717, 1.165) is 5.56 Å². The predicted molar refractivity (Wildman–Crippen MR) is 46.3 cm³/mol. The SMILES string of the molecule is CC.COCc1ccc(F)nc1. The molecule has 68 valence electrons. The third-order valence-electron chi connectivity index (χ3n) is 1.10. The van der Waals surface area contributed by atoms with Gasteiger partial charge in [-0.2, -0.15) is 4.39 Å². The van der Waals surface area contributed by atoms with Gasteiger partial charge >= 0.3 is 0 Å². The van der Waals surface area contributed by atoms with Crippen molar-refractivity contribution >= 4 is 0 Å². The molecule has 0 radical (unpaired) electrons. The molecule has 0 aliphatic carbocycles. The lowest BCUT2D eigenvalue weighted by Gasteiger charge is -1.95. The van der Waals surface area contributed by atoms with Crippen LogP contribution in [0.1, 0.15) is 19.4 Å². The van der Waals surface area contributed by atoms with E-state index in [4.69, 9.17) is 4.74 Å². The molecule has 0 unspecified atom stereocenters. The highest BCUT2D eigenvalue weighted by atomic mass is 19.1. The average Bonchev–Trinajstić information content (AvgIpc) is 2.13. The molecule has 0 aliphatic heterocycles. The molecule has 0 bridgehead atoms. The number of methoxy groups -OCH3 is 1. The van der Waals surface area contributed by atoms with Crippen LogP contribution in [0.2, 0.25) is 0 Å². The quantitative estimate of drug-likeness (QED) is 0.637. The van der Waals surface area contributed by atoms with Crippen LogP contribution in [0.3, 0.4) is 0 Å². The van der Waals surface area contributed by atoms with Gasteiger partial charge in [0.25, 0.3) is 0 Å². The van der Waals surface area contributed by atoms with Gasteiger partial charge in [0.2, 0.25) is 5.95 Å². The van der Waals surface area contributed by atoms with E-state index in [1.807, 2.05) is 13.8 Å². The van der Waals surface area contributed by atoms with Crippen LogP contribution in [0.25, 0.3) is 0 Å². The summed E-state index contributed by atoms with van der Waals surface area (Å²) < 4.78 is 17.0. The normalized spacial score (nSPS) is 8.67. The highest BCUT2D eigenvalue weighted by Crippen LogP contribution is 1.99. The molecule has 0 amide bonds. The van der Waals surface area contributed by atoms with E-state index < -0.39 is 5.95 Å². The Balaban J connectivity index is 0.000000561. The highest BCUT2D eigenvalue weighted by molar-refractivity contribution is 5.07. The molecular formula is C9H14FNO. The van der Waals surface area contributed by atoms with Gasteiger partial charge in [-0.05, 0) is 11.6 Å². The molecule has 0 N–H and O–H groups in total. The van der Waals surface area contributed by atoms with Gasteiger partial charge in [-0.25, -0.2) is 4.98 Å². The van der Waals surface area contributed by atoms with E-state index in [-0.39, 0.29) is 0 Å². The zero-order chi connectivity index (χ0) is 9.40. The lowest BCUT2D eigenvalue weighted by atomic mass is 10.3. The molecule has 12 heavy (non-hydrogen) atoms. The fraction of sp³-hybridized carbons (Fsp3) is 0.444. The summed E-state index contributed by atoms with van der Waals surface area (Å²) in [6, 6.07) is 2.96. The second-order valence-electron chi connectivity index (χ2n) is 1.92. The first-order valence-electron chi connectivity index (χ1n) is 3.92. The largest absolute Gasteiger partial charge is 0.380 e. The summed E-state index contributed by atoms with van der Waals surface area (Å²) in [5, 5.41) is 0. The molecule has 0 saturated carbocycles. The van der Waals surface area contributed by atoms with Gasteiger partial charge in [0.05, 0.1) is 6.61 Å². The van der Waals surface area contributed by atoms with E-state index in [1.54, 1.807) is 13.2 Å². The van der Waals surface area contributed by atoms with Crippen molar-refractivity contribution in [2.75, 3.05) is 7.11 Å². The van der Waals surface area contributed by atoms with E-state index in [2.05, 4.69) is 4.98 Å². The van der Waals surface area contributed by atoms with Crippen molar-refractivity contribution in [3.8, 4) is 0 Å². The Hall–Kier alpha value is -0.960. The zero-order valence-electron chi connectivity index (χ0n) is 7.67. The fourth-order valence-electron chi connectivity index (χ4n) is 0.658. The zero-order valence-corrected chi connectivity index (χ0v) is 7.67. The standard InChI is InChI=1S/C7H8FNO.C2H6/c1-10-5-6-2-3-7(8)9-4-6;1-2/h2-4H,5H2,1H3;1-2H3. The van der Waals surface area contributed by atoms with Crippen molar-refractivity contribution < 1.29 is 9.13 Å². The molecule has 0 aromatic carbocycles. The molecular weight excluding hydrogens is 157 g/mol. The Labute approximate surface area is 72.4 Å². The van der Waals surface area contributed by atoms with E-state index in [9.17, 15) is 4.39 Å². The second kappa shape index (κ2) is 6.73. The maximum atomic E-state index is 12.2. The van der Waals surface area contributed by atoms with Crippen molar-refractivity contribution in [1.82, 2.24) is 4.98 Å². The number of aromatic nitrogens is 1. The van der Waals surface area contributed by atoms with Crippen LogP contribution in [0.5, 0.6) is 0 Å². The molecule has 0 saturated heterocycles. The summed E-state index contributed by atoms with van der Waals surface area (Å²) in [4.78, 5) is 3.45. The molecule has 1 rings (SSSR count). The third kappa shape index (κ3) is 4.03. The summed E-state index contributed by atoms with van der Waals surface area (Å²) in [6.07, 6.45) is 1.46. The van der Waals surface area contributed by atoms with Crippen molar-refractivity contribution in [2.24, 2.45) is 0 Å². The van der Waals surface area contributed by atoms with Gasteiger partial charge in [-0.1, -0.05) is 19.9 Å². The number of halogens is 1. The first-order valence-corrected chi connectivity index (χ1v) is 3.92. The Morgan fingerprint density at radius 3 is 2.50 bits per heavy atom. The number of ether oxygens (including phenoxy) is 1. The average molecular weight is 171 g/mol. The second-order valence-corrected chi connectivity index (χ2v) is 1.92. The lowest BCUT2D eigenvalue weighted by molar-refractivity contribution is 0.184. The molecule has 1 heterocycles. The Bertz CT molecular complexity index is 198. The molecule has 2 nitrogen and oxygen atoms in total. The van der Waals surface area contributed by atoms with Crippen LogP contribution in [-0.4, -0.2) is 12.1 Å². The predicted octanol–water partition coefficient (Wildman–Crippen LogP) is 2.39. The third-order valence-corrected chi connectivity index (χ3v) is 1.10. The minimum Gasteiger partial charge on any atom is -0.380 e. The summed E-state index contributed by atoms with van der Waals surface area (Å²) in [7, 11) is 1.59. The van der Waals surface area contributed by atoms with Gasteiger partial charge in [0, 0.05) is 13.3 Å². The van der Waals surface area contributed by atoms with Crippen LogP contribution in [0.4, 0.5) is 4.39 Å². The summed E-state index contributed by atoms with van der Waals surface area (Å²) >= 11 is 0. The minimum atomic E-state index is -0.458. The number of rotatable bonds is 2. The Kier molecular flexibility index (Phi) is 6.19. The lowest BCUT2D eigenvalue weighted by Crippen LogP contribution is -1.89. The van der Waals surface area contributed by atoms with E-state index in [0.29, 0.717) is 6.61 Å². The number of hydrogen-bond acceptors (Lipinski definition) is 2. The van der Waals surface area contributed by atoms with Crippen molar-refractivity contribution in [1.29, 1.82) is 0 Å². The molecule has 0 spiro atoms. The smallest absolute Gasteiger partial charge is 0.212 e. The highest BCUT2D eigenvalue weighted by Gasteiger charge is 1.91. The monoisotopic (exact) mass is 171 g/mol. The molecule has 0 atom stereocenters. The summed E-state index contributed by atoms with van der Waals surface area (Å²) in [5.41, 5.74) is 0.879. The Morgan fingerprint density at radius 2 is 2.08 bits per heavy atom. The van der Waals surface area contributed by atoms with Crippen LogP contribution in [-0.2, 0) is 11.3 Å². The number of hydrogen-bond donors (Lipinski definition) is 0. The topological polar surface area (TPSA) is 22.1 Å². The first kappa shape index (κ1) is 11.0. The van der Waals surface area contributed by atoms with E-state index in [1.165, 1.54) is 12.3 Å². The van der Waals surface area contributed by atoms with E-state index >= 15 is 0 Å². The molecule has 0 fully saturated rings. The van der Waals surface area contributed by atoms with Gasteiger partial charge in [0.15, 0.2) is 0 Å². The van der Waals surface area contributed by atoms with Crippen LogP contribution in [0.15, 0.2) is 18.3 Å². The molecule has 1 aromatic heterocycles. The van der Waals surface area contributed by atoms with Crippen molar-refractivity contribution in [3.05, 3.63) is 29.8 Å². The number of nitrogens with zero attached hydrogens (tertiary/aromatic N) is 1.